The Morgan fingerprint density at radius 2 is 1.76 bits per heavy atom. The number of benzene rings is 2. The van der Waals surface area contributed by atoms with Gasteiger partial charge in [-0.3, -0.25) is 14.5 Å². The van der Waals surface area contributed by atoms with Crippen molar-refractivity contribution in [2.24, 2.45) is 0 Å². The summed E-state index contributed by atoms with van der Waals surface area (Å²) in [5.41, 5.74) is 2.16. The number of nitrogens with one attached hydrogen (secondary N) is 2. The number of nitrogens with zero attached hydrogens (tertiary/aromatic N) is 1. The van der Waals surface area contributed by atoms with Crippen molar-refractivity contribution in [3.8, 4) is 0 Å². The van der Waals surface area contributed by atoms with E-state index in [4.69, 9.17) is 4.74 Å². The predicted molar refractivity (Wildman–Crippen MR) is 112 cm³/mol. The van der Waals surface area contributed by atoms with Crippen molar-refractivity contribution in [3.63, 3.8) is 0 Å². The van der Waals surface area contributed by atoms with E-state index in [0.29, 0.717) is 13.2 Å². The van der Waals surface area contributed by atoms with Crippen molar-refractivity contribution in [1.29, 1.82) is 0 Å². The van der Waals surface area contributed by atoms with Gasteiger partial charge in [0.15, 0.2) is 0 Å². The van der Waals surface area contributed by atoms with E-state index in [1.807, 2.05) is 55.5 Å². The van der Waals surface area contributed by atoms with Gasteiger partial charge in [0.05, 0.1) is 18.8 Å². The molecule has 2 aromatic carbocycles. The summed E-state index contributed by atoms with van der Waals surface area (Å²) in [5, 5.41) is 5.45. The van der Waals surface area contributed by atoms with Gasteiger partial charge < -0.3 is 15.4 Å². The highest BCUT2D eigenvalue weighted by atomic mass is 16.5. The number of rotatable bonds is 7. The fraction of sp³-hybridized carbons (Fsp3) is 0.391. The molecular weight excluding hydrogens is 366 g/mol. The maximum atomic E-state index is 12.1. The van der Waals surface area contributed by atoms with Gasteiger partial charge in [0, 0.05) is 26.2 Å². The summed E-state index contributed by atoms with van der Waals surface area (Å²) in [6.07, 6.45) is 0.874. The number of carbonyl (C=O) groups excluding carboxylic acids is 2. The van der Waals surface area contributed by atoms with Gasteiger partial charge in [-0.15, -0.1) is 0 Å². The third-order valence-electron chi connectivity index (χ3n) is 5.11. The maximum Gasteiger partial charge on any atom is 0.309 e. The summed E-state index contributed by atoms with van der Waals surface area (Å²) < 4.78 is 5.88. The molecule has 1 heterocycles. The molecule has 1 aliphatic rings. The van der Waals surface area contributed by atoms with Gasteiger partial charge in [-0.25, -0.2) is 0 Å². The molecule has 2 unspecified atom stereocenters. The fourth-order valence-corrected chi connectivity index (χ4v) is 3.45. The lowest BCUT2D eigenvalue weighted by Crippen LogP contribution is -2.43. The first-order valence-electron chi connectivity index (χ1n) is 10.2. The van der Waals surface area contributed by atoms with Crippen LogP contribution in [0.2, 0.25) is 0 Å². The Labute approximate surface area is 172 Å². The molecule has 0 aromatic heterocycles. The Morgan fingerprint density at radius 1 is 1.07 bits per heavy atom. The molecule has 2 amide bonds. The molecule has 0 saturated carbocycles. The Morgan fingerprint density at radius 3 is 2.48 bits per heavy atom. The zero-order valence-electron chi connectivity index (χ0n) is 16.8. The molecule has 154 valence electrons. The Balaban J connectivity index is 1.35. The molecule has 1 fully saturated rings. The third-order valence-corrected chi connectivity index (χ3v) is 5.11. The van der Waals surface area contributed by atoms with Crippen LogP contribution in [0.1, 0.15) is 36.6 Å². The summed E-state index contributed by atoms with van der Waals surface area (Å²) in [5.74, 6) is -1.19. The van der Waals surface area contributed by atoms with Crippen LogP contribution in [0.5, 0.6) is 0 Å². The average molecular weight is 396 g/mol. The van der Waals surface area contributed by atoms with Gasteiger partial charge in [-0.2, -0.15) is 0 Å². The highest BCUT2D eigenvalue weighted by Gasteiger charge is 2.21. The van der Waals surface area contributed by atoms with Gasteiger partial charge in [0.2, 0.25) is 0 Å². The topological polar surface area (TPSA) is 70.7 Å². The number of hydrogen-bond acceptors (Lipinski definition) is 4. The monoisotopic (exact) mass is 395 g/mol. The molecule has 3 rings (SSSR count). The van der Waals surface area contributed by atoms with E-state index in [9.17, 15) is 9.59 Å². The van der Waals surface area contributed by atoms with Crippen LogP contribution < -0.4 is 10.6 Å². The van der Waals surface area contributed by atoms with Crippen molar-refractivity contribution in [3.05, 3.63) is 71.8 Å². The smallest absolute Gasteiger partial charge is 0.309 e. The average Bonchev–Trinajstić information content (AvgIpc) is 2.78. The lowest BCUT2D eigenvalue weighted by molar-refractivity contribution is -0.139. The highest BCUT2D eigenvalue weighted by molar-refractivity contribution is 6.35. The van der Waals surface area contributed by atoms with E-state index in [1.54, 1.807) is 0 Å². The SMILES string of the molecule is CC(NC(=O)C(=O)NCCCN1CCOC(c2ccccc2)C1)c1ccccc1. The van der Waals surface area contributed by atoms with Gasteiger partial charge in [0.1, 0.15) is 0 Å². The number of hydrogen-bond donors (Lipinski definition) is 2. The Bertz CT molecular complexity index is 782. The van der Waals surface area contributed by atoms with Crippen molar-refractivity contribution >= 4 is 11.8 Å². The molecular formula is C23H29N3O3. The summed E-state index contributed by atoms with van der Waals surface area (Å²) >= 11 is 0. The zero-order valence-corrected chi connectivity index (χ0v) is 16.8. The zero-order chi connectivity index (χ0) is 20.5. The van der Waals surface area contributed by atoms with Crippen molar-refractivity contribution < 1.29 is 14.3 Å². The lowest BCUT2D eigenvalue weighted by Gasteiger charge is -2.33. The van der Waals surface area contributed by atoms with Crippen LogP contribution >= 0.6 is 0 Å². The van der Waals surface area contributed by atoms with E-state index in [1.165, 1.54) is 5.56 Å². The first-order valence-corrected chi connectivity index (χ1v) is 10.2. The van der Waals surface area contributed by atoms with Crippen LogP contribution in [0.25, 0.3) is 0 Å². The number of morpholine rings is 1. The molecule has 0 aliphatic carbocycles. The number of ether oxygens (including phenoxy) is 1. The Hall–Kier alpha value is -2.70. The molecule has 29 heavy (non-hydrogen) atoms. The molecule has 6 nitrogen and oxygen atoms in total. The van der Waals surface area contributed by atoms with Crippen LogP contribution in [-0.2, 0) is 14.3 Å². The summed E-state index contributed by atoms with van der Waals surface area (Å²) in [7, 11) is 0. The molecule has 6 heteroatoms. The first-order chi connectivity index (χ1) is 14.1. The number of carbonyl (C=O) groups is 2. The van der Waals surface area contributed by atoms with Crippen molar-refractivity contribution in [2.45, 2.75) is 25.5 Å². The molecule has 2 aromatic rings. The second-order valence-electron chi connectivity index (χ2n) is 7.29. The largest absolute Gasteiger partial charge is 0.371 e. The predicted octanol–water partition coefficient (Wildman–Crippen LogP) is 2.44. The molecule has 1 saturated heterocycles. The molecule has 0 spiro atoms. The van der Waals surface area contributed by atoms with E-state index in [2.05, 4.69) is 27.7 Å². The molecule has 2 atom stereocenters. The molecule has 2 N–H and O–H groups in total. The maximum absolute atomic E-state index is 12.1. The summed E-state index contributed by atoms with van der Waals surface area (Å²) in [6, 6.07) is 19.6. The van der Waals surface area contributed by atoms with Crippen LogP contribution in [0.15, 0.2) is 60.7 Å². The minimum atomic E-state index is -0.600. The molecule has 1 aliphatic heterocycles. The summed E-state index contributed by atoms with van der Waals surface area (Å²) in [6.45, 7) is 5.61. The van der Waals surface area contributed by atoms with Crippen molar-refractivity contribution in [1.82, 2.24) is 15.5 Å². The lowest BCUT2D eigenvalue weighted by atomic mass is 10.1. The van der Waals surface area contributed by atoms with Crippen LogP contribution in [-0.4, -0.2) is 49.5 Å². The van der Waals surface area contributed by atoms with E-state index in [-0.39, 0.29) is 12.1 Å². The quantitative estimate of drug-likeness (QED) is 0.558. The second-order valence-corrected chi connectivity index (χ2v) is 7.29. The highest BCUT2D eigenvalue weighted by Crippen LogP contribution is 2.21. The second kappa shape index (κ2) is 10.7. The fourth-order valence-electron chi connectivity index (χ4n) is 3.45. The first kappa shape index (κ1) is 21.0. The number of amides is 2. The minimum Gasteiger partial charge on any atom is -0.371 e. The minimum absolute atomic E-state index is 0.0878. The van der Waals surface area contributed by atoms with Crippen LogP contribution in [0.3, 0.4) is 0 Å². The van der Waals surface area contributed by atoms with Gasteiger partial charge in [-0.1, -0.05) is 60.7 Å². The normalized spacial score (nSPS) is 18.0. The van der Waals surface area contributed by atoms with E-state index < -0.39 is 11.8 Å². The Kier molecular flexibility index (Phi) is 7.78. The van der Waals surface area contributed by atoms with Gasteiger partial charge in [-0.05, 0) is 24.5 Å². The molecule has 0 radical (unpaired) electrons. The van der Waals surface area contributed by atoms with Gasteiger partial charge in [0.25, 0.3) is 0 Å². The van der Waals surface area contributed by atoms with Crippen LogP contribution in [0.4, 0.5) is 0 Å². The van der Waals surface area contributed by atoms with E-state index >= 15 is 0 Å². The van der Waals surface area contributed by atoms with Crippen LogP contribution in [0, 0.1) is 0 Å². The van der Waals surface area contributed by atoms with Crippen molar-refractivity contribution in [2.75, 3.05) is 32.8 Å². The van der Waals surface area contributed by atoms with Gasteiger partial charge >= 0.3 is 11.8 Å². The van der Waals surface area contributed by atoms with E-state index in [0.717, 1.165) is 31.6 Å². The summed E-state index contributed by atoms with van der Waals surface area (Å²) in [4.78, 5) is 26.5. The standard InChI is InChI=1S/C23H29N3O3/c1-18(19-9-4-2-5-10-19)25-23(28)22(27)24-13-8-14-26-15-16-29-21(17-26)20-11-6-3-7-12-20/h2-7,9-12,18,21H,8,13-17H2,1H3,(H,24,27)(H,25,28). The molecule has 0 bridgehead atoms. The third kappa shape index (κ3) is 6.41.